The predicted octanol–water partition coefficient (Wildman–Crippen LogP) is 10.4. The van der Waals surface area contributed by atoms with Crippen LogP contribution in [0.25, 0.3) is 55.6 Å². The number of benzene rings is 6. The minimum Gasteiger partial charge on any atom is -0.258 e. The summed E-state index contributed by atoms with van der Waals surface area (Å²) in [6, 6.07) is 36.4. The molecule has 0 aliphatic carbocycles. The molecule has 6 aromatic carbocycles. The molecular weight excluding hydrogens is 594 g/mol. The largest absolute Gasteiger partial charge is 0.277 e. The number of rotatable bonds is 8. The average Bonchev–Trinajstić information content (AvgIpc) is 3.08. The summed E-state index contributed by atoms with van der Waals surface area (Å²) in [6.07, 6.45) is 0. The van der Waals surface area contributed by atoms with Gasteiger partial charge in [0, 0.05) is 35.9 Å². The van der Waals surface area contributed by atoms with Crippen LogP contribution in [0, 0.1) is 44.2 Å². The number of nitrogens with zero attached hydrogens (tertiary/aromatic N) is 3. The fraction of sp³-hybridized carbons (Fsp3) is 0.0526. The zero-order valence-electron chi connectivity index (χ0n) is 25.4. The summed E-state index contributed by atoms with van der Waals surface area (Å²) in [5.74, 6) is 0. The second kappa shape index (κ2) is 12.5. The van der Waals surface area contributed by atoms with Crippen LogP contribution in [0.15, 0.2) is 127 Å². The number of para-hydroxylation sites is 1. The molecule has 230 valence electrons. The van der Waals surface area contributed by atoms with Gasteiger partial charge in [-0.3, -0.25) is 30.3 Å². The number of aryl methyl sites for hydroxylation is 1. The molecule has 0 amide bonds. The van der Waals surface area contributed by atoms with Gasteiger partial charge in [0.2, 0.25) is 0 Å². The normalized spacial score (nSPS) is 10.9. The number of nitro benzene ring substituents is 3. The third-order valence-corrected chi connectivity index (χ3v) is 8.31. The van der Waals surface area contributed by atoms with Crippen LogP contribution < -0.4 is 0 Å². The smallest absolute Gasteiger partial charge is 0.258 e. The first-order valence-corrected chi connectivity index (χ1v) is 14.7. The van der Waals surface area contributed by atoms with E-state index in [0.717, 1.165) is 27.8 Å². The molecule has 9 nitrogen and oxygen atoms in total. The van der Waals surface area contributed by atoms with Gasteiger partial charge in [0.25, 0.3) is 17.1 Å². The highest BCUT2D eigenvalue weighted by Crippen LogP contribution is 2.54. The van der Waals surface area contributed by atoms with E-state index in [2.05, 4.69) is 0 Å². The van der Waals surface area contributed by atoms with Crippen molar-refractivity contribution in [3.63, 3.8) is 0 Å². The fourth-order valence-corrected chi connectivity index (χ4v) is 6.25. The highest BCUT2D eigenvalue weighted by Gasteiger charge is 2.30. The summed E-state index contributed by atoms with van der Waals surface area (Å²) >= 11 is 0. The van der Waals surface area contributed by atoms with Gasteiger partial charge in [-0.1, -0.05) is 78.9 Å². The minimum absolute atomic E-state index is 0.0671. The quantitative estimate of drug-likeness (QED) is 0.123. The Balaban J connectivity index is 1.93. The van der Waals surface area contributed by atoms with E-state index in [4.69, 9.17) is 0 Å². The van der Waals surface area contributed by atoms with E-state index in [-0.39, 0.29) is 17.1 Å². The van der Waals surface area contributed by atoms with Crippen molar-refractivity contribution in [1.82, 2.24) is 0 Å². The fourth-order valence-electron chi connectivity index (χ4n) is 6.25. The van der Waals surface area contributed by atoms with Crippen LogP contribution in [0.1, 0.15) is 11.1 Å². The molecule has 0 bridgehead atoms. The first-order valence-electron chi connectivity index (χ1n) is 14.7. The number of hydrogen-bond donors (Lipinski definition) is 0. The van der Waals surface area contributed by atoms with Crippen molar-refractivity contribution in [1.29, 1.82) is 0 Å². The van der Waals surface area contributed by atoms with Crippen LogP contribution in [-0.2, 0) is 0 Å². The van der Waals surface area contributed by atoms with Crippen LogP contribution in [0.2, 0.25) is 0 Å². The standard InChI is InChI=1S/C38H27N3O6/c1-24-11-6-7-16-31(24)37-34(27-19-21-29(22-20-27)39(42)43)25(2)35(28-14-10-15-30(23-28)40(44)45)38(36(37)26-12-4-3-5-13-26)32-17-8-9-18-33(32)41(46)47/h3-23H,1-2H3. The van der Waals surface area contributed by atoms with Gasteiger partial charge < -0.3 is 0 Å². The van der Waals surface area contributed by atoms with Crippen molar-refractivity contribution in [2.24, 2.45) is 0 Å². The molecule has 0 aliphatic rings. The van der Waals surface area contributed by atoms with Gasteiger partial charge in [-0.25, -0.2) is 0 Å². The second-order valence-electron chi connectivity index (χ2n) is 11.1. The lowest BCUT2D eigenvalue weighted by atomic mass is 9.75. The molecule has 0 aromatic heterocycles. The molecule has 0 atom stereocenters. The van der Waals surface area contributed by atoms with Crippen molar-refractivity contribution in [2.75, 3.05) is 0 Å². The first-order chi connectivity index (χ1) is 22.7. The topological polar surface area (TPSA) is 129 Å². The van der Waals surface area contributed by atoms with Gasteiger partial charge in [0.15, 0.2) is 0 Å². The molecule has 0 saturated carbocycles. The Labute approximate surface area is 269 Å². The maximum absolute atomic E-state index is 12.6. The van der Waals surface area contributed by atoms with Crippen LogP contribution >= 0.6 is 0 Å². The molecule has 0 saturated heterocycles. The van der Waals surface area contributed by atoms with E-state index < -0.39 is 14.8 Å². The Kier molecular flexibility index (Phi) is 8.12. The molecule has 0 unspecified atom stereocenters. The Hall–Kier alpha value is -6.48. The predicted molar refractivity (Wildman–Crippen MR) is 183 cm³/mol. The zero-order valence-corrected chi connectivity index (χ0v) is 25.4. The Morgan fingerprint density at radius 3 is 1.60 bits per heavy atom. The number of nitro groups is 3. The van der Waals surface area contributed by atoms with Gasteiger partial charge in [-0.05, 0) is 87.7 Å². The molecule has 0 radical (unpaired) electrons. The SMILES string of the molecule is Cc1ccccc1-c1c(-c2ccc([N+](=O)[O-])cc2)c(C)c(-c2cccc([N+](=O)[O-])c2)c(-c2ccccc2[N+](=O)[O-])c1-c1ccccc1. The maximum Gasteiger partial charge on any atom is 0.277 e. The molecule has 0 heterocycles. The molecule has 47 heavy (non-hydrogen) atoms. The lowest BCUT2D eigenvalue weighted by molar-refractivity contribution is -0.385. The summed E-state index contributed by atoms with van der Waals surface area (Å²) in [7, 11) is 0. The molecule has 0 N–H and O–H groups in total. The molecule has 0 fully saturated rings. The monoisotopic (exact) mass is 621 g/mol. The highest BCUT2D eigenvalue weighted by molar-refractivity contribution is 6.10. The van der Waals surface area contributed by atoms with Crippen molar-refractivity contribution >= 4 is 17.1 Å². The van der Waals surface area contributed by atoms with Crippen LogP contribution in [-0.4, -0.2) is 14.8 Å². The third-order valence-electron chi connectivity index (χ3n) is 8.31. The summed E-state index contributed by atoms with van der Waals surface area (Å²) in [5, 5.41) is 36.1. The minimum atomic E-state index is -0.472. The van der Waals surface area contributed by atoms with Gasteiger partial charge in [-0.2, -0.15) is 0 Å². The van der Waals surface area contributed by atoms with Gasteiger partial charge in [0.05, 0.1) is 20.3 Å². The number of non-ortho nitro benzene ring substituents is 2. The van der Waals surface area contributed by atoms with Crippen LogP contribution in [0.5, 0.6) is 0 Å². The molecule has 6 rings (SSSR count). The van der Waals surface area contributed by atoms with Crippen molar-refractivity contribution in [3.05, 3.63) is 169 Å². The average molecular weight is 622 g/mol. The molecule has 0 spiro atoms. The Bertz CT molecular complexity index is 2200. The highest BCUT2D eigenvalue weighted by atomic mass is 16.6. The lowest BCUT2D eigenvalue weighted by Gasteiger charge is -2.27. The van der Waals surface area contributed by atoms with Crippen molar-refractivity contribution in [2.45, 2.75) is 13.8 Å². The van der Waals surface area contributed by atoms with Crippen LogP contribution in [0.3, 0.4) is 0 Å². The third kappa shape index (κ3) is 5.62. The van der Waals surface area contributed by atoms with Gasteiger partial charge in [0.1, 0.15) is 0 Å². The van der Waals surface area contributed by atoms with Crippen LogP contribution in [0.4, 0.5) is 17.1 Å². The van der Waals surface area contributed by atoms with Gasteiger partial charge in [-0.15, -0.1) is 0 Å². The Morgan fingerprint density at radius 2 is 0.957 bits per heavy atom. The van der Waals surface area contributed by atoms with Crippen molar-refractivity contribution in [3.8, 4) is 55.6 Å². The van der Waals surface area contributed by atoms with Gasteiger partial charge >= 0.3 is 0 Å². The molecule has 6 aromatic rings. The first kappa shape index (κ1) is 30.5. The second-order valence-corrected chi connectivity index (χ2v) is 11.1. The summed E-state index contributed by atoms with van der Waals surface area (Å²) in [4.78, 5) is 34.8. The summed E-state index contributed by atoms with van der Waals surface area (Å²) in [6.45, 7) is 3.87. The van der Waals surface area contributed by atoms with E-state index in [1.807, 2.05) is 68.4 Å². The summed E-state index contributed by atoms with van der Waals surface area (Å²) in [5.41, 5.74) is 7.86. The molecule has 9 heteroatoms. The summed E-state index contributed by atoms with van der Waals surface area (Å²) < 4.78 is 0. The molecule has 0 aliphatic heterocycles. The Morgan fingerprint density at radius 1 is 0.426 bits per heavy atom. The van der Waals surface area contributed by atoms with E-state index >= 15 is 0 Å². The van der Waals surface area contributed by atoms with E-state index in [1.165, 1.54) is 30.3 Å². The zero-order chi connectivity index (χ0) is 33.2. The van der Waals surface area contributed by atoms with E-state index in [0.29, 0.717) is 38.9 Å². The van der Waals surface area contributed by atoms with Crippen molar-refractivity contribution < 1.29 is 14.8 Å². The lowest BCUT2D eigenvalue weighted by Crippen LogP contribution is -2.04. The molecular formula is C38H27N3O6. The van der Waals surface area contributed by atoms with E-state index in [1.54, 1.807) is 42.5 Å². The number of hydrogen-bond acceptors (Lipinski definition) is 6. The van der Waals surface area contributed by atoms with E-state index in [9.17, 15) is 30.3 Å². The maximum atomic E-state index is 12.6.